The smallest absolute Gasteiger partial charge is 0.229 e. The van der Waals surface area contributed by atoms with Gasteiger partial charge in [0.05, 0.1) is 6.61 Å². The molecular formula is C20H21FN4O. The Labute approximate surface area is 152 Å². The van der Waals surface area contributed by atoms with Crippen LogP contribution in [0.5, 0.6) is 5.75 Å². The number of hydrogen-bond donors (Lipinski definition) is 2. The highest BCUT2D eigenvalue weighted by Crippen LogP contribution is 2.18. The van der Waals surface area contributed by atoms with Gasteiger partial charge in [-0.1, -0.05) is 12.1 Å². The highest BCUT2D eigenvalue weighted by molar-refractivity contribution is 5.55. The van der Waals surface area contributed by atoms with Gasteiger partial charge in [0.1, 0.15) is 17.4 Å². The molecule has 2 N–H and O–H groups in total. The van der Waals surface area contributed by atoms with Crippen LogP contribution in [0.3, 0.4) is 0 Å². The van der Waals surface area contributed by atoms with E-state index >= 15 is 0 Å². The maximum Gasteiger partial charge on any atom is 0.229 e. The number of hydrogen-bond acceptors (Lipinski definition) is 5. The van der Waals surface area contributed by atoms with Crippen LogP contribution in [0.2, 0.25) is 0 Å². The molecule has 0 aliphatic rings. The van der Waals surface area contributed by atoms with Crippen LogP contribution in [0.15, 0.2) is 60.8 Å². The number of nitrogens with one attached hydrogen (secondary N) is 2. The minimum absolute atomic E-state index is 0.220. The molecule has 134 valence electrons. The first-order valence-electron chi connectivity index (χ1n) is 8.54. The Morgan fingerprint density at radius 3 is 2.50 bits per heavy atom. The molecule has 0 saturated carbocycles. The summed E-state index contributed by atoms with van der Waals surface area (Å²) >= 11 is 0. The third-order valence-corrected chi connectivity index (χ3v) is 3.71. The second-order valence-corrected chi connectivity index (χ2v) is 5.65. The summed E-state index contributed by atoms with van der Waals surface area (Å²) < 4.78 is 18.3. The van der Waals surface area contributed by atoms with Gasteiger partial charge in [0.15, 0.2) is 0 Å². The first kappa shape index (κ1) is 17.7. The summed E-state index contributed by atoms with van der Waals surface area (Å²) in [4.78, 5) is 8.68. The highest BCUT2D eigenvalue weighted by atomic mass is 19.1. The Kier molecular flexibility index (Phi) is 5.98. The van der Waals surface area contributed by atoms with Gasteiger partial charge in [-0.25, -0.2) is 9.37 Å². The Hall–Kier alpha value is -3.15. The van der Waals surface area contributed by atoms with E-state index in [1.54, 1.807) is 18.3 Å². The van der Waals surface area contributed by atoms with E-state index in [4.69, 9.17) is 4.74 Å². The van der Waals surface area contributed by atoms with Gasteiger partial charge in [0.2, 0.25) is 5.95 Å². The van der Waals surface area contributed by atoms with Gasteiger partial charge in [-0.2, -0.15) is 4.98 Å². The third kappa shape index (κ3) is 5.17. The van der Waals surface area contributed by atoms with Crippen molar-refractivity contribution < 1.29 is 9.13 Å². The normalized spacial score (nSPS) is 10.4. The number of anilines is 3. The molecule has 0 atom stereocenters. The van der Waals surface area contributed by atoms with Crippen molar-refractivity contribution in [2.75, 3.05) is 23.8 Å². The lowest BCUT2D eigenvalue weighted by molar-refractivity contribution is 0.340. The summed E-state index contributed by atoms with van der Waals surface area (Å²) in [7, 11) is 0. The van der Waals surface area contributed by atoms with Crippen LogP contribution in [0, 0.1) is 5.82 Å². The monoisotopic (exact) mass is 352 g/mol. The van der Waals surface area contributed by atoms with Crippen LogP contribution < -0.4 is 15.4 Å². The lowest BCUT2D eigenvalue weighted by Crippen LogP contribution is -2.07. The molecule has 0 unspecified atom stereocenters. The van der Waals surface area contributed by atoms with Crippen molar-refractivity contribution in [2.45, 2.75) is 13.3 Å². The van der Waals surface area contributed by atoms with E-state index in [1.165, 1.54) is 12.1 Å². The number of nitrogens with zero attached hydrogens (tertiary/aromatic N) is 2. The minimum Gasteiger partial charge on any atom is -0.494 e. The van der Waals surface area contributed by atoms with Gasteiger partial charge in [-0.05, 0) is 61.4 Å². The van der Waals surface area contributed by atoms with Gasteiger partial charge in [0, 0.05) is 18.4 Å². The molecular weight excluding hydrogens is 331 g/mol. The molecule has 0 saturated heterocycles. The van der Waals surface area contributed by atoms with Gasteiger partial charge in [-0.15, -0.1) is 0 Å². The Morgan fingerprint density at radius 1 is 1.00 bits per heavy atom. The predicted octanol–water partition coefficient (Wildman–Crippen LogP) is 4.41. The summed E-state index contributed by atoms with van der Waals surface area (Å²) in [5, 5.41) is 6.42. The fourth-order valence-electron chi connectivity index (χ4n) is 2.43. The van der Waals surface area contributed by atoms with Crippen molar-refractivity contribution in [3.05, 3.63) is 72.2 Å². The number of ether oxygens (including phenoxy) is 1. The molecule has 1 heterocycles. The number of rotatable bonds is 8. The maximum absolute atomic E-state index is 12.9. The summed E-state index contributed by atoms with van der Waals surface area (Å²) in [5.74, 6) is 1.86. The zero-order valence-corrected chi connectivity index (χ0v) is 14.6. The largest absolute Gasteiger partial charge is 0.494 e. The summed E-state index contributed by atoms with van der Waals surface area (Å²) in [6, 6.07) is 16.0. The molecule has 0 fully saturated rings. The molecule has 0 amide bonds. The molecule has 3 aromatic rings. The average molecular weight is 352 g/mol. The van der Waals surface area contributed by atoms with E-state index in [0.29, 0.717) is 19.1 Å². The fraction of sp³-hybridized carbons (Fsp3) is 0.200. The topological polar surface area (TPSA) is 59.1 Å². The fourth-order valence-corrected chi connectivity index (χ4v) is 2.43. The Bertz CT molecular complexity index is 822. The van der Waals surface area contributed by atoms with Crippen LogP contribution >= 0.6 is 0 Å². The number of halogens is 1. The molecule has 0 aliphatic heterocycles. The summed E-state index contributed by atoms with van der Waals surface area (Å²) in [5.41, 5.74) is 1.96. The molecule has 2 aromatic carbocycles. The van der Waals surface area contributed by atoms with E-state index in [1.807, 2.05) is 37.3 Å². The van der Waals surface area contributed by atoms with E-state index in [9.17, 15) is 4.39 Å². The quantitative estimate of drug-likeness (QED) is 0.629. The van der Waals surface area contributed by atoms with Gasteiger partial charge in [-0.3, -0.25) is 0 Å². The lowest BCUT2D eigenvalue weighted by atomic mass is 10.1. The highest BCUT2D eigenvalue weighted by Gasteiger charge is 2.01. The van der Waals surface area contributed by atoms with E-state index in [2.05, 4.69) is 20.6 Å². The van der Waals surface area contributed by atoms with E-state index in [0.717, 1.165) is 29.2 Å². The van der Waals surface area contributed by atoms with Crippen LogP contribution in [-0.2, 0) is 6.42 Å². The zero-order valence-electron chi connectivity index (χ0n) is 14.6. The van der Waals surface area contributed by atoms with E-state index in [-0.39, 0.29) is 5.82 Å². The van der Waals surface area contributed by atoms with E-state index < -0.39 is 0 Å². The molecule has 0 aliphatic carbocycles. The first-order chi connectivity index (χ1) is 12.7. The first-order valence-corrected chi connectivity index (χ1v) is 8.54. The maximum atomic E-state index is 12.9. The SMILES string of the molecule is CCOc1ccc(Nc2nccc(NCCc3ccc(F)cc3)n2)cc1. The van der Waals surface area contributed by atoms with Crippen molar-refractivity contribution in [2.24, 2.45) is 0 Å². The van der Waals surface area contributed by atoms with Crippen molar-refractivity contribution in [1.82, 2.24) is 9.97 Å². The van der Waals surface area contributed by atoms with Crippen LogP contribution in [0.1, 0.15) is 12.5 Å². The molecule has 5 nitrogen and oxygen atoms in total. The average Bonchev–Trinajstić information content (AvgIpc) is 2.66. The Balaban J connectivity index is 1.54. The second-order valence-electron chi connectivity index (χ2n) is 5.65. The van der Waals surface area contributed by atoms with Crippen molar-refractivity contribution in [3.8, 4) is 5.75 Å². The number of benzene rings is 2. The third-order valence-electron chi connectivity index (χ3n) is 3.71. The molecule has 3 rings (SSSR count). The van der Waals surface area contributed by atoms with Crippen molar-refractivity contribution in [3.63, 3.8) is 0 Å². The van der Waals surface area contributed by atoms with Crippen molar-refractivity contribution >= 4 is 17.5 Å². The molecule has 6 heteroatoms. The number of aromatic nitrogens is 2. The standard InChI is InChI=1S/C20H21FN4O/c1-2-26-18-9-7-17(8-10-18)24-20-23-14-12-19(25-20)22-13-11-15-3-5-16(21)6-4-15/h3-10,12,14H,2,11,13H2,1H3,(H2,22,23,24,25). The molecule has 1 aromatic heterocycles. The van der Waals surface area contributed by atoms with Crippen LogP contribution in [0.25, 0.3) is 0 Å². The summed E-state index contributed by atoms with van der Waals surface area (Å²) in [6.07, 6.45) is 2.48. The van der Waals surface area contributed by atoms with Gasteiger partial charge < -0.3 is 15.4 Å². The molecule has 26 heavy (non-hydrogen) atoms. The molecule has 0 spiro atoms. The zero-order chi connectivity index (χ0) is 18.2. The van der Waals surface area contributed by atoms with Crippen LogP contribution in [-0.4, -0.2) is 23.1 Å². The summed E-state index contributed by atoms with van der Waals surface area (Å²) in [6.45, 7) is 3.29. The van der Waals surface area contributed by atoms with Crippen molar-refractivity contribution in [1.29, 1.82) is 0 Å². The van der Waals surface area contributed by atoms with Gasteiger partial charge >= 0.3 is 0 Å². The Morgan fingerprint density at radius 2 is 1.77 bits per heavy atom. The lowest BCUT2D eigenvalue weighted by Gasteiger charge is -2.09. The van der Waals surface area contributed by atoms with Gasteiger partial charge in [0.25, 0.3) is 0 Å². The van der Waals surface area contributed by atoms with Crippen LogP contribution in [0.4, 0.5) is 21.8 Å². The second kappa shape index (κ2) is 8.80. The minimum atomic E-state index is -0.220. The molecule has 0 radical (unpaired) electrons. The molecule has 0 bridgehead atoms. The predicted molar refractivity (Wildman–Crippen MR) is 102 cm³/mol.